The zero-order valence-electron chi connectivity index (χ0n) is 10.2. The predicted molar refractivity (Wildman–Crippen MR) is 68.5 cm³/mol. The molecule has 2 rings (SSSR count). The molecule has 0 radical (unpaired) electrons. The van der Waals surface area contributed by atoms with Crippen LogP contribution in [0, 0.1) is 0 Å². The summed E-state index contributed by atoms with van der Waals surface area (Å²) in [6.45, 7) is -0.0710. The Kier molecular flexibility index (Phi) is 3.38. The van der Waals surface area contributed by atoms with E-state index in [4.69, 9.17) is 9.88 Å². The van der Waals surface area contributed by atoms with Gasteiger partial charge < -0.3 is 14.7 Å². The van der Waals surface area contributed by atoms with Crippen molar-refractivity contribution < 1.29 is 23.1 Å². The Hall–Kier alpha value is -1.80. The first kappa shape index (κ1) is 13.6. The molecule has 8 heteroatoms. The maximum Gasteiger partial charge on any atom is 0.228 e. The average Bonchev–Trinajstić information content (AvgIpc) is 2.72. The maximum atomic E-state index is 11.8. The number of aromatic hydroxyl groups is 1. The van der Waals surface area contributed by atoms with Crippen molar-refractivity contribution in [3.05, 3.63) is 18.2 Å². The van der Waals surface area contributed by atoms with Gasteiger partial charge in [0, 0.05) is 19.0 Å². The van der Waals surface area contributed by atoms with Gasteiger partial charge in [-0.2, -0.15) is 0 Å². The molecular formula is C11H14N2O5S. The van der Waals surface area contributed by atoms with E-state index in [-0.39, 0.29) is 24.4 Å². The van der Waals surface area contributed by atoms with Gasteiger partial charge in [0.25, 0.3) is 0 Å². The number of anilines is 1. The third-order valence-corrected chi connectivity index (χ3v) is 4.27. The Bertz CT molecular complexity index is 614. The van der Waals surface area contributed by atoms with Crippen LogP contribution in [0.5, 0.6) is 11.5 Å². The molecule has 19 heavy (non-hydrogen) atoms. The van der Waals surface area contributed by atoms with E-state index in [0.717, 1.165) is 0 Å². The van der Waals surface area contributed by atoms with Gasteiger partial charge in [0.05, 0.1) is 12.8 Å². The van der Waals surface area contributed by atoms with E-state index < -0.39 is 21.2 Å². The van der Waals surface area contributed by atoms with Crippen molar-refractivity contribution in [2.75, 3.05) is 18.6 Å². The normalized spacial score (nSPS) is 19.8. The molecule has 1 aliphatic rings. The number of methoxy groups -OCH3 is 1. The first-order valence-corrected chi connectivity index (χ1v) is 7.13. The highest BCUT2D eigenvalue weighted by Gasteiger charge is 2.38. The number of amides is 1. The highest BCUT2D eigenvalue weighted by Crippen LogP contribution is 2.34. The van der Waals surface area contributed by atoms with Crippen LogP contribution in [0.4, 0.5) is 5.69 Å². The van der Waals surface area contributed by atoms with E-state index in [1.165, 1.54) is 30.2 Å². The van der Waals surface area contributed by atoms with Crippen LogP contribution < -0.4 is 14.8 Å². The lowest BCUT2D eigenvalue weighted by molar-refractivity contribution is -0.117. The minimum Gasteiger partial charge on any atom is -0.506 e. The lowest BCUT2D eigenvalue weighted by atomic mass is 10.2. The van der Waals surface area contributed by atoms with Crippen LogP contribution in [0.25, 0.3) is 0 Å². The summed E-state index contributed by atoms with van der Waals surface area (Å²) < 4.78 is 27.6. The van der Waals surface area contributed by atoms with Gasteiger partial charge >= 0.3 is 0 Å². The number of phenolic OH excluding ortho intramolecular Hbond substituents is 1. The van der Waals surface area contributed by atoms with Crippen LogP contribution in [0.1, 0.15) is 6.42 Å². The van der Waals surface area contributed by atoms with Gasteiger partial charge in [-0.25, -0.2) is 13.6 Å². The summed E-state index contributed by atoms with van der Waals surface area (Å²) in [5.74, 6) is -0.0635. The van der Waals surface area contributed by atoms with Crippen molar-refractivity contribution in [3.63, 3.8) is 0 Å². The van der Waals surface area contributed by atoms with Crippen molar-refractivity contribution in [2.24, 2.45) is 5.14 Å². The monoisotopic (exact) mass is 286 g/mol. The number of phenols is 1. The Labute approximate surface area is 110 Å². The molecular weight excluding hydrogens is 272 g/mol. The van der Waals surface area contributed by atoms with Crippen molar-refractivity contribution >= 4 is 21.6 Å². The van der Waals surface area contributed by atoms with Crippen LogP contribution in [0.2, 0.25) is 0 Å². The van der Waals surface area contributed by atoms with Crippen molar-refractivity contribution in [3.8, 4) is 11.5 Å². The van der Waals surface area contributed by atoms with Crippen LogP contribution >= 0.6 is 0 Å². The van der Waals surface area contributed by atoms with Crippen LogP contribution in [0.3, 0.4) is 0 Å². The molecule has 1 heterocycles. The zero-order valence-corrected chi connectivity index (χ0v) is 11.1. The van der Waals surface area contributed by atoms with Gasteiger partial charge in [0.2, 0.25) is 15.9 Å². The molecule has 1 aliphatic heterocycles. The largest absolute Gasteiger partial charge is 0.506 e. The van der Waals surface area contributed by atoms with Gasteiger partial charge in [-0.15, -0.1) is 0 Å². The highest BCUT2D eigenvalue weighted by molar-refractivity contribution is 7.89. The van der Waals surface area contributed by atoms with E-state index >= 15 is 0 Å². The van der Waals surface area contributed by atoms with Crippen molar-refractivity contribution in [1.29, 1.82) is 0 Å². The van der Waals surface area contributed by atoms with Crippen LogP contribution in [-0.2, 0) is 14.8 Å². The molecule has 1 unspecified atom stereocenters. The third-order valence-electron chi connectivity index (χ3n) is 3.03. The fraction of sp³-hybridized carbons (Fsp3) is 0.364. The summed E-state index contributed by atoms with van der Waals surface area (Å²) >= 11 is 0. The Morgan fingerprint density at radius 1 is 1.47 bits per heavy atom. The summed E-state index contributed by atoms with van der Waals surface area (Å²) in [6, 6.07) is 4.39. The summed E-state index contributed by atoms with van der Waals surface area (Å²) in [7, 11) is -2.33. The minimum absolute atomic E-state index is 0.0710. The second-order valence-corrected chi connectivity index (χ2v) is 6.12. The highest BCUT2D eigenvalue weighted by atomic mass is 32.2. The summed E-state index contributed by atoms with van der Waals surface area (Å²) in [6.07, 6.45) is -0.185. The number of rotatable bonds is 3. The average molecular weight is 286 g/mol. The molecule has 104 valence electrons. The van der Waals surface area contributed by atoms with E-state index in [0.29, 0.717) is 5.75 Å². The van der Waals surface area contributed by atoms with E-state index in [1.54, 1.807) is 0 Å². The number of nitrogens with zero attached hydrogens (tertiary/aromatic N) is 1. The Morgan fingerprint density at radius 3 is 2.68 bits per heavy atom. The first-order chi connectivity index (χ1) is 8.82. The lowest BCUT2D eigenvalue weighted by Crippen LogP contribution is -2.32. The zero-order chi connectivity index (χ0) is 14.2. The standard InChI is InChI=1S/C11H14N2O5S/c1-18-7-2-3-10(14)9(4-7)13-6-8(5-11(13)15)19(12,16)17/h2-4,8,14H,5-6H2,1H3,(H2,12,16,17). The fourth-order valence-corrected chi connectivity index (χ4v) is 2.71. The Balaban J connectivity index is 2.35. The summed E-state index contributed by atoms with van der Waals surface area (Å²) in [5, 5.41) is 13.9. The number of benzene rings is 1. The van der Waals surface area contributed by atoms with Crippen LogP contribution in [-0.4, -0.2) is 38.3 Å². The molecule has 1 fully saturated rings. The lowest BCUT2D eigenvalue weighted by Gasteiger charge is -2.18. The smallest absolute Gasteiger partial charge is 0.228 e. The molecule has 0 bridgehead atoms. The van der Waals surface area contributed by atoms with Crippen molar-refractivity contribution in [1.82, 2.24) is 0 Å². The molecule has 1 atom stereocenters. The molecule has 0 aromatic heterocycles. The number of hydrogen-bond donors (Lipinski definition) is 2. The van der Waals surface area contributed by atoms with Gasteiger partial charge in [-0.1, -0.05) is 0 Å². The third kappa shape index (κ3) is 2.64. The van der Waals surface area contributed by atoms with Gasteiger partial charge in [0.1, 0.15) is 16.7 Å². The molecule has 1 amide bonds. The van der Waals surface area contributed by atoms with E-state index in [2.05, 4.69) is 0 Å². The quantitative estimate of drug-likeness (QED) is 0.799. The number of hydrogen-bond acceptors (Lipinski definition) is 5. The summed E-state index contributed by atoms with van der Waals surface area (Å²) in [5.41, 5.74) is 0.218. The first-order valence-electron chi connectivity index (χ1n) is 5.52. The predicted octanol–water partition coefficient (Wildman–Crippen LogP) is -0.205. The molecule has 0 saturated carbocycles. The number of nitrogens with two attached hydrogens (primary N) is 1. The molecule has 7 nitrogen and oxygen atoms in total. The van der Waals surface area contributed by atoms with E-state index in [9.17, 15) is 18.3 Å². The number of sulfonamides is 1. The summed E-state index contributed by atoms with van der Waals surface area (Å²) in [4.78, 5) is 13.0. The van der Waals surface area contributed by atoms with Gasteiger partial charge in [0.15, 0.2) is 0 Å². The maximum absolute atomic E-state index is 11.8. The second-order valence-electron chi connectivity index (χ2n) is 4.27. The van der Waals surface area contributed by atoms with Gasteiger partial charge in [-0.05, 0) is 12.1 Å². The topological polar surface area (TPSA) is 110 Å². The number of ether oxygens (including phenoxy) is 1. The number of carbonyl (C=O) groups excluding carboxylic acids is 1. The molecule has 0 aliphatic carbocycles. The van der Waals surface area contributed by atoms with E-state index in [1.807, 2.05) is 0 Å². The number of carbonyl (C=O) groups is 1. The fourth-order valence-electron chi connectivity index (χ4n) is 1.97. The molecule has 3 N–H and O–H groups in total. The SMILES string of the molecule is COc1ccc(O)c(N2CC(S(N)(=O)=O)CC2=O)c1. The second kappa shape index (κ2) is 4.71. The van der Waals surface area contributed by atoms with Gasteiger partial charge in [-0.3, -0.25) is 4.79 Å². The Morgan fingerprint density at radius 2 is 2.16 bits per heavy atom. The molecule has 0 spiro atoms. The molecule has 1 saturated heterocycles. The number of primary sulfonamides is 1. The molecule has 1 aromatic rings. The van der Waals surface area contributed by atoms with Crippen LogP contribution in [0.15, 0.2) is 18.2 Å². The minimum atomic E-state index is -3.78. The molecule has 1 aromatic carbocycles. The van der Waals surface area contributed by atoms with Crippen molar-refractivity contribution in [2.45, 2.75) is 11.7 Å².